The molecule has 13 nitrogen and oxygen atoms in total. The quantitative estimate of drug-likeness (QED) is 0.172. The Bertz CT molecular complexity index is 1630. The molecule has 272 valence electrons. The number of fused-ring (bicyclic) bond motifs is 2. The Morgan fingerprint density at radius 2 is 1.78 bits per heavy atom. The highest BCUT2D eigenvalue weighted by atomic mass is 35.5. The average molecular weight is 736 g/mol. The second-order valence-electron chi connectivity index (χ2n) is 14.2. The number of aliphatic hydroxyl groups is 5. The van der Waals surface area contributed by atoms with Crippen LogP contribution >= 0.6 is 11.6 Å². The van der Waals surface area contributed by atoms with Gasteiger partial charge >= 0.3 is 0 Å². The predicted molar refractivity (Wildman–Crippen MR) is 181 cm³/mol. The summed E-state index contributed by atoms with van der Waals surface area (Å²) in [5, 5.41) is 52.3. The molecule has 2 aromatic rings. The number of halogens is 2. The van der Waals surface area contributed by atoms with Gasteiger partial charge in [-0.05, 0) is 61.8 Å². The van der Waals surface area contributed by atoms with Crippen LogP contribution in [0.15, 0.2) is 42.5 Å². The smallest absolute Gasteiger partial charge is 0.264 e. The number of ether oxygens (including phenoxy) is 2. The van der Waals surface area contributed by atoms with E-state index in [1.54, 1.807) is 72.3 Å². The molecule has 4 aliphatic heterocycles. The number of rotatable bonds is 8. The number of nitrogens with one attached hydrogen (secondary N) is 1. The van der Waals surface area contributed by atoms with Crippen LogP contribution in [0.5, 0.6) is 0 Å². The summed E-state index contributed by atoms with van der Waals surface area (Å²) in [6.45, 7) is 5.34. The van der Waals surface area contributed by atoms with E-state index < -0.39 is 74.1 Å². The lowest BCUT2D eigenvalue weighted by atomic mass is 9.82. The normalized spacial score (nSPS) is 34.0. The number of benzene rings is 2. The van der Waals surface area contributed by atoms with Crippen LogP contribution in [0.4, 0.5) is 15.5 Å². The van der Waals surface area contributed by atoms with Gasteiger partial charge in [0.15, 0.2) is 18.0 Å². The molecule has 0 saturated carbocycles. The number of amides is 3. The summed E-state index contributed by atoms with van der Waals surface area (Å²) in [5.74, 6) is -2.14. The second-order valence-corrected chi connectivity index (χ2v) is 18.4. The van der Waals surface area contributed by atoms with Crippen LogP contribution in [0.1, 0.15) is 37.3 Å². The number of hydrogen-bond acceptors (Lipinski definition) is 10. The summed E-state index contributed by atoms with van der Waals surface area (Å²) >= 11 is 6.47. The Morgan fingerprint density at radius 3 is 2.44 bits per heavy atom. The van der Waals surface area contributed by atoms with Crippen LogP contribution in [0.25, 0.3) is 0 Å². The maximum Gasteiger partial charge on any atom is 0.264 e. The van der Waals surface area contributed by atoms with Gasteiger partial charge in [-0.25, -0.2) is 0 Å². The van der Waals surface area contributed by atoms with Gasteiger partial charge in [0.25, 0.3) is 11.8 Å². The maximum absolute atomic E-state index is 16.2. The molecule has 1 spiro atoms. The molecule has 6 N–H and O–H groups in total. The zero-order valence-corrected chi connectivity index (χ0v) is 29.7. The fourth-order valence-electron chi connectivity index (χ4n) is 8.19. The van der Waals surface area contributed by atoms with Crippen molar-refractivity contribution in [2.75, 3.05) is 23.4 Å². The molecule has 0 aliphatic carbocycles. The van der Waals surface area contributed by atoms with Gasteiger partial charge in [-0.15, -0.1) is 0 Å². The first-order valence-electron chi connectivity index (χ1n) is 16.7. The van der Waals surface area contributed by atoms with Crippen LogP contribution in [0.2, 0.25) is 23.7 Å². The lowest BCUT2D eigenvalue weighted by molar-refractivity contribution is -0.274. The number of carbonyl (C=O) groups excluding carboxylic acids is 3. The van der Waals surface area contributed by atoms with Gasteiger partial charge in [-0.2, -0.15) is 0 Å². The topological polar surface area (TPSA) is 189 Å². The number of nitrogens with zero attached hydrogens (tertiary/aromatic N) is 2. The monoisotopic (exact) mass is 735 g/mol. The van der Waals surface area contributed by atoms with Crippen molar-refractivity contribution < 1.29 is 53.5 Å². The molecular formula is C34H43ClFN3O10Si. The third kappa shape index (κ3) is 6.37. The first-order valence-corrected chi connectivity index (χ1v) is 20.1. The highest BCUT2D eigenvalue weighted by Gasteiger charge is 2.67. The minimum absolute atomic E-state index is 0.0803. The third-order valence-corrected chi connectivity index (χ3v) is 13.3. The van der Waals surface area contributed by atoms with Gasteiger partial charge in [0.05, 0.1) is 37.4 Å². The molecule has 10 atom stereocenters. The second kappa shape index (κ2) is 13.9. The standard InChI is InChI=1S/C34H43ClFN3O10Si/c1-17-30(50(2,3)36)24(14-25(41)38-12-4-5-21(38)16-40)49-34(17)22-13-19(35)8-11-23(22)39(33(34)47)15-18-6-9-20(10-7-18)37-31(45)29-27(43)26(42)28(44)32(46)48-29/h6-11,13,17,21,24,26-30,32,40,42-44,46H,4-5,12,14-16H2,1-3H3,(H,37,45)/t17-,21-,24+,26-,27-,28+,29-,30-,32+,34+/m0/s1. The lowest BCUT2D eigenvalue weighted by Crippen LogP contribution is -2.60. The highest BCUT2D eigenvalue weighted by molar-refractivity contribution is 6.72. The van der Waals surface area contributed by atoms with Crippen LogP contribution in [0, 0.1) is 5.92 Å². The summed E-state index contributed by atoms with van der Waals surface area (Å²) in [5.41, 5.74) is -0.297. The Morgan fingerprint density at radius 1 is 1.08 bits per heavy atom. The van der Waals surface area contributed by atoms with Crippen LogP contribution < -0.4 is 10.2 Å². The predicted octanol–water partition coefficient (Wildman–Crippen LogP) is 1.77. The molecule has 16 heteroatoms. The fraction of sp³-hybridized carbons (Fsp3) is 0.559. The van der Waals surface area contributed by atoms with Gasteiger partial charge in [0, 0.05) is 34.3 Å². The summed E-state index contributed by atoms with van der Waals surface area (Å²) < 4.78 is 27.9. The largest absolute Gasteiger partial charge is 0.394 e. The highest BCUT2D eigenvalue weighted by Crippen LogP contribution is 2.60. The summed E-state index contributed by atoms with van der Waals surface area (Å²) in [6, 6.07) is 11.2. The van der Waals surface area contributed by atoms with E-state index in [-0.39, 0.29) is 31.5 Å². The van der Waals surface area contributed by atoms with Crippen LogP contribution in [0.3, 0.4) is 0 Å². The van der Waals surface area contributed by atoms with Crippen LogP contribution in [-0.4, -0.2) is 113 Å². The Balaban J connectivity index is 1.24. The van der Waals surface area contributed by atoms with Crippen molar-refractivity contribution in [3.63, 3.8) is 0 Å². The lowest BCUT2D eigenvalue weighted by Gasteiger charge is -2.37. The maximum atomic E-state index is 16.2. The molecule has 2 aromatic carbocycles. The van der Waals surface area contributed by atoms with Gasteiger partial charge in [0.1, 0.15) is 18.3 Å². The number of carbonyl (C=O) groups is 3. The molecule has 4 aliphatic rings. The average Bonchev–Trinajstić information content (AvgIpc) is 3.73. The first-order chi connectivity index (χ1) is 23.6. The van der Waals surface area contributed by atoms with E-state index >= 15 is 4.11 Å². The zero-order chi connectivity index (χ0) is 36.3. The number of anilines is 2. The number of aliphatic hydroxyl groups excluding tert-OH is 5. The van der Waals surface area contributed by atoms with Crippen molar-refractivity contribution in [2.24, 2.45) is 5.92 Å². The Labute approximate surface area is 294 Å². The zero-order valence-electron chi connectivity index (χ0n) is 27.9. The molecular weight excluding hydrogens is 693 g/mol. The van der Waals surface area contributed by atoms with E-state index in [0.717, 1.165) is 6.42 Å². The van der Waals surface area contributed by atoms with E-state index in [1.807, 2.05) is 0 Å². The van der Waals surface area contributed by atoms with Gasteiger partial charge in [-0.1, -0.05) is 30.7 Å². The molecule has 3 saturated heterocycles. The molecule has 3 fully saturated rings. The third-order valence-electron chi connectivity index (χ3n) is 10.6. The Kier molecular flexibility index (Phi) is 10.2. The van der Waals surface area contributed by atoms with Gasteiger partial charge in [0.2, 0.25) is 14.3 Å². The van der Waals surface area contributed by atoms with Crippen molar-refractivity contribution in [1.82, 2.24) is 4.90 Å². The first kappa shape index (κ1) is 36.8. The molecule has 0 bridgehead atoms. The summed E-state index contributed by atoms with van der Waals surface area (Å²) in [7, 11) is -3.53. The van der Waals surface area contributed by atoms with E-state index in [2.05, 4.69) is 5.32 Å². The molecule has 3 amide bonds. The van der Waals surface area contributed by atoms with Gasteiger partial charge in [-0.3, -0.25) is 14.4 Å². The van der Waals surface area contributed by atoms with Crippen molar-refractivity contribution in [1.29, 1.82) is 0 Å². The molecule has 4 heterocycles. The molecule has 0 unspecified atom stereocenters. The fourth-order valence-corrected chi connectivity index (χ4v) is 10.9. The number of hydrogen-bond donors (Lipinski definition) is 6. The summed E-state index contributed by atoms with van der Waals surface area (Å²) in [6.07, 6.45) is -8.42. The minimum atomic E-state index is -3.53. The molecule has 0 radical (unpaired) electrons. The van der Waals surface area contributed by atoms with Crippen molar-refractivity contribution in [2.45, 2.75) is 99.8 Å². The summed E-state index contributed by atoms with van der Waals surface area (Å²) in [4.78, 5) is 44.1. The van der Waals surface area contributed by atoms with E-state index in [1.165, 1.54) is 0 Å². The Hall–Kier alpha value is -2.99. The van der Waals surface area contributed by atoms with Crippen molar-refractivity contribution >= 4 is 49.1 Å². The van der Waals surface area contributed by atoms with E-state index in [0.29, 0.717) is 40.5 Å². The van der Waals surface area contributed by atoms with Crippen molar-refractivity contribution in [3.05, 3.63) is 58.6 Å². The molecule has 6 rings (SSSR count). The van der Waals surface area contributed by atoms with E-state index in [4.69, 9.17) is 21.1 Å². The molecule has 50 heavy (non-hydrogen) atoms. The van der Waals surface area contributed by atoms with Crippen molar-refractivity contribution in [3.8, 4) is 0 Å². The molecule has 0 aromatic heterocycles. The van der Waals surface area contributed by atoms with E-state index in [9.17, 15) is 39.9 Å². The van der Waals surface area contributed by atoms with Gasteiger partial charge < -0.3 is 54.2 Å². The minimum Gasteiger partial charge on any atom is -0.394 e. The SMILES string of the molecule is C[C@H]1[C@H]([Si](C)(C)F)[C@@H](CC(=O)N2CCC[C@H]2CO)O[C@]12C(=O)N(Cc1ccc(NC(=O)[C@H]3O[C@@H](O)[C@H](O)[C@@H](O)[C@@H]3O)cc1)c1ccc(Cl)cc12. The number of likely N-dealkylation sites (tertiary alicyclic amines) is 1. The van der Waals surface area contributed by atoms with Crippen LogP contribution in [-0.2, 0) is 36.0 Å².